The van der Waals surface area contributed by atoms with Gasteiger partial charge >= 0.3 is 6.18 Å². The molecular formula is C20H13Cl2F3N2O3S. The van der Waals surface area contributed by atoms with Gasteiger partial charge in [0.2, 0.25) is 0 Å². The molecule has 0 saturated carbocycles. The monoisotopic (exact) mass is 488 g/mol. The third kappa shape index (κ3) is 5.49. The topological polar surface area (TPSA) is 75.3 Å². The molecule has 0 aliphatic rings. The minimum Gasteiger partial charge on any atom is -0.321 e. The summed E-state index contributed by atoms with van der Waals surface area (Å²) in [6, 6.07) is 13.9. The lowest BCUT2D eigenvalue weighted by Crippen LogP contribution is -2.17. The van der Waals surface area contributed by atoms with Crippen molar-refractivity contribution >= 4 is 50.5 Å². The van der Waals surface area contributed by atoms with Gasteiger partial charge in [-0.25, -0.2) is 8.42 Å². The Bertz CT molecular complexity index is 1230. The Hall–Kier alpha value is -2.75. The number of nitrogens with one attached hydrogen (secondary N) is 2. The molecule has 1 amide bonds. The fourth-order valence-corrected chi connectivity index (χ4v) is 4.31. The van der Waals surface area contributed by atoms with Crippen molar-refractivity contribution in [2.75, 3.05) is 10.0 Å². The molecule has 3 aromatic rings. The summed E-state index contributed by atoms with van der Waals surface area (Å²) in [6.45, 7) is 0. The summed E-state index contributed by atoms with van der Waals surface area (Å²) >= 11 is 11.9. The van der Waals surface area contributed by atoms with Gasteiger partial charge in [-0.15, -0.1) is 0 Å². The predicted octanol–water partition coefficient (Wildman–Crippen LogP) is 6.07. The van der Waals surface area contributed by atoms with Crippen molar-refractivity contribution in [2.45, 2.75) is 11.1 Å². The van der Waals surface area contributed by atoms with Gasteiger partial charge in [-0.2, -0.15) is 13.2 Å². The van der Waals surface area contributed by atoms with Crippen molar-refractivity contribution in [1.82, 2.24) is 0 Å². The first-order valence-corrected chi connectivity index (χ1v) is 10.8. The number of carbonyl (C=O) groups excluding carboxylic acids is 1. The first kappa shape index (κ1) is 22.9. The minimum absolute atomic E-state index is 0.117. The number of sulfonamides is 1. The number of para-hydroxylation sites is 1. The summed E-state index contributed by atoms with van der Waals surface area (Å²) in [6.07, 6.45) is -4.63. The standard InChI is InChI=1S/C20H13Cl2F3N2O3S/c21-15-9-7-13(20(23,24)25)11-17(15)26-19(28)12-6-8-16(22)18(10-12)31(29,30)27-14-4-2-1-3-5-14/h1-11,27H,(H,26,28). The number of halogens is 5. The fraction of sp³-hybridized carbons (Fsp3) is 0.0500. The number of hydrogen-bond acceptors (Lipinski definition) is 3. The Morgan fingerprint density at radius 2 is 1.52 bits per heavy atom. The molecule has 0 aromatic heterocycles. The quantitative estimate of drug-likeness (QED) is 0.457. The number of carbonyl (C=O) groups is 1. The van der Waals surface area contributed by atoms with Crippen molar-refractivity contribution in [1.29, 1.82) is 0 Å². The van der Waals surface area contributed by atoms with Crippen LogP contribution in [0.2, 0.25) is 10.0 Å². The highest BCUT2D eigenvalue weighted by Crippen LogP contribution is 2.34. The van der Waals surface area contributed by atoms with Crippen LogP contribution in [0.3, 0.4) is 0 Å². The van der Waals surface area contributed by atoms with Crippen molar-refractivity contribution in [3.8, 4) is 0 Å². The smallest absolute Gasteiger partial charge is 0.321 e. The van der Waals surface area contributed by atoms with Crippen LogP contribution in [0.5, 0.6) is 0 Å². The molecule has 2 N–H and O–H groups in total. The molecule has 0 aliphatic carbocycles. The second-order valence-corrected chi connectivity index (χ2v) is 8.73. The Morgan fingerprint density at radius 3 is 2.16 bits per heavy atom. The Kier molecular flexibility index (Phi) is 6.49. The molecule has 0 unspecified atom stereocenters. The summed E-state index contributed by atoms with van der Waals surface area (Å²) in [7, 11) is -4.14. The average Bonchev–Trinajstić information content (AvgIpc) is 2.69. The zero-order chi connectivity index (χ0) is 22.8. The predicted molar refractivity (Wildman–Crippen MR) is 113 cm³/mol. The Labute approximate surface area is 185 Å². The van der Waals surface area contributed by atoms with Crippen LogP contribution in [-0.4, -0.2) is 14.3 Å². The van der Waals surface area contributed by atoms with Gasteiger partial charge in [0.15, 0.2) is 0 Å². The van der Waals surface area contributed by atoms with Gasteiger partial charge in [0.05, 0.1) is 21.3 Å². The number of benzene rings is 3. The van der Waals surface area contributed by atoms with E-state index in [1.54, 1.807) is 18.2 Å². The summed E-state index contributed by atoms with van der Waals surface area (Å²) < 4.78 is 66.5. The highest BCUT2D eigenvalue weighted by atomic mass is 35.5. The first-order chi connectivity index (χ1) is 14.5. The van der Waals surface area contributed by atoms with E-state index in [0.717, 1.165) is 18.2 Å². The molecule has 0 atom stereocenters. The van der Waals surface area contributed by atoms with Gasteiger partial charge in [-0.3, -0.25) is 9.52 Å². The largest absolute Gasteiger partial charge is 0.416 e. The van der Waals surface area contributed by atoms with Gasteiger partial charge in [0, 0.05) is 11.3 Å². The highest BCUT2D eigenvalue weighted by Gasteiger charge is 2.31. The van der Waals surface area contributed by atoms with E-state index in [0.29, 0.717) is 6.07 Å². The summed E-state index contributed by atoms with van der Waals surface area (Å²) in [5.41, 5.74) is -1.14. The Balaban J connectivity index is 1.90. The molecule has 0 bridgehead atoms. The SMILES string of the molecule is O=C(Nc1cc(C(F)(F)F)ccc1Cl)c1ccc(Cl)c(S(=O)(=O)Nc2ccccc2)c1. The van der Waals surface area contributed by atoms with Crippen LogP contribution >= 0.6 is 23.2 Å². The van der Waals surface area contributed by atoms with Gasteiger partial charge < -0.3 is 5.32 Å². The minimum atomic E-state index is -4.63. The first-order valence-electron chi connectivity index (χ1n) is 8.53. The third-order valence-electron chi connectivity index (χ3n) is 4.05. The van der Waals surface area contributed by atoms with E-state index in [1.165, 1.54) is 24.3 Å². The van der Waals surface area contributed by atoms with E-state index >= 15 is 0 Å². The number of anilines is 2. The van der Waals surface area contributed by atoms with Crippen molar-refractivity contribution in [2.24, 2.45) is 0 Å². The van der Waals surface area contributed by atoms with Crippen molar-refractivity contribution in [3.63, 3.8) is 0 Å². The van der Waals surface area contributed by atoms with E-state index in [1.807, 2.05) is 0 Å². The molecule has 0 radical (unpaired) electrons. The van der Waals surface area contributed by atoms with Gasteiger partial charge in [0.1, 0.15) is 4.90 Å². The van der Waals surface area contributed by atoms with E-state index < -0.39 is 27.7 Å². The normalized spacial score (nSPS) is 11.8. The highest BCUT2D eigenvalue weighted by molar-refractivity contribution is 7.92. The van der Waals surface area contributed by atoms with Crippen LogP contribution in [0.25, 0.3) is 0 Å². The zero-order valence-electron chi connectivity index (χ0n) is 15.4. The molecule has 3 aromatic carbocycles. The molecule has 11 heteroatoms. The van der Waals surface area contributed by atoms with E-state index in [2.05, 4.69) is 10.0 Å². The second kappa shape index (κ2) is 8.78. The molecular weight excluding hydrogens is 476 g/mol. The molecule has 0 heterocycles. The molecule has 3 rings (SSSR count). The maximum Gasteiger partial charge on any atom is 0.416 e. The molecule has 0 saturated heterocycles. The van der Waals surface area contributed by atoms with Crippen LogP contribution in [0.15, 0.2) is 71.6 Å². The van der Waals surface area contributed by atoms with Crippen LogP contribution in [0.1, 0.15) is 15.9 Å². The lowest BCUT2D eigenvalue weighted by molar-refractivity contribution is -0.137. The van der Waals surface area contributed by atoms with Crippen LogP contribution in [-0.2, 0) is 16.2 Å². The van der Waals surface area contributed by atoms with Crippen molar-refractivity contribution in [3.05, 3.63) is 87.9 Å². The van der Waals surface area contributed by atoms with Gasteiger partial charge in [-0.1, -0.05) is 41.4 Å². The second-order valence-electron chi connectivity index (χ2n) is 6.26. The molecule has 0 fully saturated rings. The Morgan fingerprint density at radius 1 is 0.871 bits per heavy atom. The summed E-state index contributed by atoms with van der Waals surface area (Å²) in [5, 5.41) is 2.00. The average molecular weight is 489 g/mol. The molecule has 0 spiro atoms. The third-order valence-corrected chi connectivity index (χ3v) is 6.24. The van der Waals surface area contributed by atoms with E-state index in [-0.39, 0.29) is 31.9 Å². The fourth-order valence-electron chi connectivity index (χ4n) is 2.56. The van der Waals surface area contributed by atoms with E-state index in [4.69, 9.17) is 23.2 Å². The van der Waals surface area contributed by atoms with Crippen LogP contribution < -0.4 is 10.0 Å². The lowest BCUT2D eigenvalue weighted by Gasteiger charge is -2.13. The lowest BCUT2D eigenvalue weighted by atomic mass is 10.1. The summed E-state index contributed by atoms with van der Waals surface area (Å²) in [5.74, 6) is -0.867. The summed E-state index contributed by atoms with van der Waals surface area (Å²) in [4.78, 5) is 12.2. The number of hydrogen-bond donors (Lipinski definition) is 2. The van der Waals surface area contributed by atoms with Crippen LogP contribution in [0.4, 0.5) is 24.5 Å². The number of amides is 1. The zero-order valence-corrected chi connectivity index (χ0v) is 17.7. The molecule has 5 nitrogen and oxygen atoms in total. The van der Waals surface area contributed by atoms with Gasteiger partial charge in [0.25, 0.3) is 15.9 Å². The molecule has 31 heavy (non-hydrogen) atoms. The van der Waals surface area contributed by atoms with Crippen molar-refractivity contribution < 1.29 is 26.4 Å². The van der Waals surface area contributed by atoms with Gasteiger partial charge in [-0.05, 0) is 48.5 Å². The molecule has 0 aliphatic heterocycles. The van der Waals surface area contributed by atoms with Crippen LogP contribution in [0, 0.1) is 0 Å². The maximum absolute atomic E-state index is 12.9. The molecule has 162 valence electrons. The number of rotatable bonds is 5. The number of alkyl halides is 3. The maximum atomic E-state index is 12.9. The van der Waals surface area contributed by atoms with E-state index in [9.17, 15) is 26.4 Å².